The number of rotatable bonds is 2. The molecule has 0 saturated carbocycles. The second-order valence-corrected chi connectivity index (χ2v) is 4.98. The lowest BCUT2D eigenvalue weighted by molar-refractivity contribution is 0.622. The highest BCUT2D eigenvalue weighted by molar-refractivity contribution is 7.13. The van der Waals surface area contributed by atoms with Gasteiger partial charge in [0.15, 0.2) is 0 Å². The molecule has 0 fully saturated rings. The van der Waals surface area contributed by atoms with Gasteiger partial charge in [0, 0.05) is 10.8 Å². The summed E-state index contributed by atoms with van der Waals surface area (Å²) < 4.78 is 13.3. The van der Waals surface area contributed by atoms with E-state index < -0.39 is 0 Å². The average Bonchev–Trinajstić information content (AvgIpc) is 2.82. The molecule has 3 rings (SSSR count). The Morgan fingerprint density at radius 3 is 2.94 bits per heavy atom. The molecule has 0 radical (unpaired) electrons. The van der Waals surface area contributed by atoms with E-state index in [9.17, 15) is 4.39 Å². The lowest BCUT2D eigenvalue weighted by Crippen LogP contribution is -2.06. The van der Waals surface area contributed by atoms with Gasteiger partial charge in [0.1, 0.15) is 5.82 Å². The van der Waals surface area contributed by atoms with Crippen molar-refractivity contribution < 1.29 is 4.39 Å². The van der Waals surface area contributed by atoms with Crippen LogP contribution in [0.1, 0.15) is 23.5 Å². The van der Waals surface area contributed by atoms with Crippen LogP contribution in [0.5, 0.6) is 0 Å². The minimum Gasteiger partial charge on any atom is -0.330 e. The first-order valence-electron chi connectivity index (χ1n) is 5.38. The summed E-state index contributed by atoms with van der Waals surface area (Å²) in [7, 11) is 0. The Morgan fingerprint density at radius 1 is 1.25 bits per heavy atom. The first-order chi connectivity index (χ1) is 7.81. The molecule has 2 N–H and O–H groups in total. The summed E-state index contributed by atoms with van der Waals surface area (Å²) in [6, 6.07) is 7.21. The van der Waals surface area contributed by atoms with E-state index in [0.717, 1.165) is 12.0 Å². The molecule has 1 aliphatic rings. The predicted molar refractivity (Wildman–Crippen MR) is 65.2 cm³/mol. The Morgan fingerprint density at radius 2 is 2.12 bits per heavy atom. The maximum absolute atomic E-state index is 13.3. The number of hydrogen-bond donors (Lipinski definition) is 1. The van der Waals surface area contributed by atoms with Crippen molar-refractivity contribution in [1.82, 2.24) is 0 Å². The smallest absolute Gasteiger partial charge is 0.123 e. The van der Waals surface area contributed by atoms with Crippen LogP contribution < -0.4 is 5.73 Å². The number of fused-ring (bicyclic) bond motifs is 3. The van der Waals surface area contributed by atoms with E-state index in [2.05, 4.69) is 11.4 Å². The van der Waals surface area contributed by atoms with Gasteiger partial charge in [-0.25, -0.2) is 4.39 Å². The Hall–Kier alpha value is -1.19. The molecule has 0 spiro atoms. The van der Waals surface area contributed by atoms with Crippen molar-refractivity contribution in [1.29, 1.82) is 0 Å². The molecule has 1 atom stereocenters. The highest BCUT2D eigenvalue weighted by Gasteiger charge is 2.29. The van der Waals surface area contributed by atoms with E-state index in [4.69, 9.17) is 5.73 Å². The van der Waals surface area contributed by atoms with Crippen LogP contribution in [0.25, 0.3) is 10.4 Å². The number of nitrogens with two attached hydrogens (primary N) is 1. The minimum atomic E-state index is -0.157. The van der Waals surface area contributed by atoms with E-state index in [1.807, 2.05) is 6.07 Å². The molecule has 2 aromatic rings. The first kappa shape index (κ1) is 10.00. The molecule has 3 heteroatoms. The number of hydrogen-bond acceptors (Lipinski definition) is 2. The molecular formula is C13H12FNS. The SMILES string of the molecule is NCCC1c2cc(F)ccc2-c2sccc21. The Bertz CT molecular complexity index is 532. The van der Waals surface area contributed by atoms with Crippen LogP contribution >= 0.6 is 11.3 Å². The van der Waals surface area contributed by atoms with E-state index in [1.54, 1.807) is 17.4 Å². The standard InChI is InChI=1S/C13H12FNS/c14-8-1-2-10-12(7-8)9(3-5-15)11-4-6-16-13(10)11/h1-2,4,6-7,9H,3,5,15H2. The van der Waals surface area contributed by atoms with Gasteiger partial charge in [-0.05, 0) is 53.2 Å². The fourth-order valence-electron chi connectivity index (χ4n) is 2.49. The zero-order chi connectivity index (χ0) is 11.1. The van der Waals surface area contributed by atoms with Gasteiger partial charge >= 0.3 is 0 Å². The fourth-order valence-corrected chi connectivity index (χ4v) is 3.50. The van der Waals surface area contributed by atoms with Gasteiger partial charge in [-0.2, -0.15) is 0 Å². The molecule has 82 valence electrons. The average molecular weight is 233 g/mol. The third-order valence-corrected chi connectivity index (χ3v) is 4.12. The zero-order valence-electron chi connectivity index (χ0n) is 8.74. The largest absolute Gasteiger partial charge is 0.330 e. The molecule has 0 saturated heterocycles. The van der Waals surface area contributed by atoms with Crippen LogP contribution in [0.2, 0.25) is 0 Å². The normalized spacial score (nSPS) is 17.2. The second kappa shape index (κ2) is 3.68. The molecule has 1 aliphatic carbocycles. The topological polar surface area (TPSA) is 26.0 Å². The molecule has 1 nitrogen and oxygen atoms in total. The predicted octanol–water partition coefficient (Wildman–Crippen LogP) is 3.35. The van der Waals surface area contributed by atoms with E-state index >= 15 is 0 Å². The van der Waals surface area contributed by atoms with Crippen molar-refractivity contribution in [2.45, 2.75) is 12.3 Å². The van der Waals surface area contributed by atoms with Crippen LogP contribution in [0.4, 0.5) is 4.39 Å². The third-order valence-electron chi connectivity index (χ3n) is 3.16. The highest BCUT2D eigenvalue weighted by Crippen LogP contribution is 2.48. The van der Waals surface area contributed by atoms with Gasteiger partial charge in [-0.1, -0.05) is 6.07 Å². The summed E-state index contributed by atoms with van der Waals surface area (Å²) in [6.07, 6.45) is 0.889. The van der Waals surface area contributed by atoms with E-state index in [1.165, 1.54) is 22.1 Å². The number of benzene rings is 1. The quantitative estimate of drug-likeness (QED) is 0.845. The molecular weight excluding hydrogens is 221 g/mol. The monoisotopic (exact) mass is 233 g/mol. The van der Waals surface area contributed by atoms with Crippen molar-refractivity contribution in [2.75, 3.05) is 6.54 Å². The molecule has 1 aromatic carbocycles. The van der Waals surface area contributed by atoms with Gasteiger partial charge in [0.25, 0.3) is 0 Å². The van der Waals surface area contributed by atoms with Gasteiger partial charge in [-0.3, -0.25) is 0 Å². The van der Waals surface area contributed by atoms with Gasteiger partial charge < -0.3 is 5.73 Å². The van der Waals surface area contributed by atoms with Gasteiger partial charge in [0.05, 0.1) is 0 Å². The van der Waals surface area contributed by atoms with Crippen molar-refractivity contribution in [3.05, 3.63) is 46.6 Å². The summed E-state index contributed by atoms with van der Waals surface area (Å²) >= 11 is 1.73. The maximum Gasteiger partial charge on any atom is 0.123 e. The third kappa shape index (κ3) is 1.32. The first-order valence-corrected chi connectivity index (χ1v) is 6.26. The summed E-state index contributed by atoms with van der Waals surface area (Å²) in [4.78, 5) is 1.29. The van der Waals surface area contributed by atoms with E-state index in [-0.39, 0.29) is 11.7 Å². The Kier molecular flexibility index (Phi) is 2.30. The summed E-state index contributed by atoms with van der Waals surface area (Å²) in [5.41, 5.74) is 9.24. The molecule has 0 amide bonds. The molecule has 1 heterocycles. The highest BCUT2D eigenvalue weighted by atomic mass is 32.1. The second-order valence-electron chi connectivity index (χ2n) is 4.07. The van der Waals surface area contributed by atoms with Crippen molar-refractivity contribution in [3.8, 4) is 10.4 Å². The Balaban J connectivity index is 2.19. The van der Waals surface area contributed by atoms with Crippen molar-refractivity contribution >= 4 is 11.3 Å². The molecule has 1 unspecified atom stereocenters. The Labute approximate surface area is 97.7 Å². The molecule has 0 bridgehead atoms. The molecule has 1 aromatic heterocycles. The fraction of sp³-hybridized carbons (Fsp3) is 0.231. The lowest BCUT2D eigenvalue weighted by atomic mass is 9.94. The molecule has 0 aliphatic heterocycles. The number of thiophene rings is 1. The van der Waals surface area contributed by atoms with Crippen LogP contribution in [0.3, 0.4) is 0 Å². The van der Waals surface area contributed by atoms with Crippen LogP contribution in [-0.4, -0.2) is 6.54 Å². The van der Waals surface area contributed by atoms with Gasteiger partial charge in [0.2, 0.25) is 0 Å². The van der Waals surface area contributed by atoms with Crippen LogP contribution in [0.15, 0.2) is 29.6 Å². The van der Waals surface area contributed by atoms with Crippen molar-refractivity contribution in [2.24, 2.45) is 5.73 Å². The van der Waals surface area contributed by atoms with Crippen LogP contribution in [0, 0.1) is 5.82 Å². The summed E-state index contributed by atoms with van der Waals surface area (Å²) in [5.74, 6) is 0.132. The maximum atomic E-state index is 13.3. The zero-order valence-corrected chi connectivity index (χ0v) is 9.56. The molecule has 16 heavy (non-hydrogen) atoms. The van der Waals surface area contributed by atoms with Gasteiger partial charge in [-0.15, -0.1) is 11.3 Å². The van der Waals surface area contributed by atoms with Crippen molar-refractivity contribution in [3.63, 3.8) is 0 Å². The number of halogens is 1. The summed E-state index contributed by atoms with van der Waals surface area (Å²) in [6.45, 7) is 0.635. The van der Waals surface area contributed by atoms with Crippen LogP contribution in [-0.2, 0) is 0 Å². The summed E-state index contributed by atoms with van der Waals surface area (Å²) in [5, 5.41) is 2.10. The lowest BCUT2D eigenvalue weighted by Gasteiger charge is -2.10. The minimum absolute atomic E-state index is 0.157. The van der Waals surface area contributed by atoms with E-state index in [0.29, 0.717) is 6.54 Å².